The molecule has 0 bridgehead atoms. The van der Waals surface area contributed by atoms with Crippen LogP contribution in [0.1, 0.15) is 26.2 Å². The minimum Gasteiger partial charge on any atom is -0.481 e. The second-order valence-electron chi connectivity index (χ2n) is 4.01. The summed E-state index contributed by atoms with van der Waals surface area (Å²) in [5, 5.41) is 8.62. The molecule has 0 radical (unpaired) electrons. The standard InChI is InChI=1S/C9H18N2O4S/c1-2-4-10-16(14,15)11-5-3-8(7-11)6-9(12)13/h8,10H,2-7H2,1H3,(H,12,13). The number of hydrogen-bond donors (Lipinski definition) is 2. The summed E-state index contributed by atoms with van der Waals surface area (Å²) in [6, 6.07) is 0. The van der Waals surface area contributed by atoms with Crippen LogP contribution in [0.3, 0.4) is 0 Å². The van der Waals surface area contributed by atoms with Crippen LogP contribution in [0.15, 0.2) is 0 Å². The molecule has 0 aliphatic carbocycles. The van der Waals surface area contributed by atoms with E-state index in [0.29, 0.717) is 26.1 Å². The molecule has 1 unspecified atom stereocenters. The van der Waals surface area contributed by atoms with Crippen molar-refractivity contribution in [3.8, 4) is 0 Å². The molecule has 1 rings (SSSR count). The average molecular weight is 250 g/mol. The molecule has 1 saturated heterocycles. The SMILES string of the molecule is CCCNS(=O)(=O)N1CCC(CC(=O)O)C1. The van der Waals surface area contributed by atoms with Crippen LogP contribution in [0.25, 0.3) is 0 Å². The average Bonchev–Trinajstić information content (AvgIpc) is 2.63. The summed E-state index contributed by atoms with van der Waals surface area (Å²) in [5.74, 6) is -0.929. The Balaban J connectivity index is 2.48. The Morgan fingerprint density at radius 3 is 2.81 bits per heavy atom. The quantitative estimate of drug-likeness (QED) is 0.696. The van der Waals surface area contributed by atoms with Crippen molar-refractivity contribution < 1.29 is 18.3 Å². The number of hydrogen-bond acceptors (Lipinski definition) is 3. The minimum atomic E-state index is -3.40. The van der Waals surface area contributed by atoms with Crippen LogP contribution in [-0.2, 0) is 15.0 Å². The summed E-state index contributed by atoms with van der Waals surface area (Å²) in [6.45, 7) is 3.03. The van der Waals surface area contributed by atoms with Gasteiger partial charge in [0, 0.05) is 26.1 Å². The van der Waals surface area contributed by atoms with Crippen LogP contribution in [0, 0.1) is 5.92 Å². The van der Waals surface area contributed by atoms with Crippen molar-refractivity contribution in [1.29, 1.82) is 0 Å². The zero-order valence-electron chi connectivity index (χ0n) is 9.35. The van der Waals surface area contributed by atoms with Gasteiger partial charge < -0.3 is 5.11 Å². The number of carbonyl (C=O) groups is 1. The summed E-state index contributed by atoms with van der Waals surface area (Å²) < 4.78 is 27.2. The first kappa shape index (κ1) is 13.4. The van der Waals surface area contributed by atoms with Crippen LogP contribution < -0.4 is 4.72 Å². The van der Waals surface area contributed by atoms with E-state index in [1.54, 1.807) is 0 Å². The molecule has 0 spiro atoms. The highest BCUT2D eigenvalue weighted by Gasteiger charge is 2.31. The van der Waals surface area contributed by atoms with E-state index in [1.165, 1.54) is 4.31 Å². The Kier molecular flexibility index (Phi) is 4.69. The molecule has 0 amide bonds. The van der Waals surface area contributed by atoms with E-state index < -0.39 is 16.2 Å². The van der Waals surface area contributed by atoms with Crippen LogP contribution in [-0.4, -0.2) is 43.4 Å². The lowest BCUT2D eigenvalue weighted by molar-refractivity contribution is -0.137. The number of nitrogens with zero attached hydrogens (tertiary/aromatic N) is 1. The van der Waals surface area contributed by atoms with E-state index in [0.717, 1.165) is 6.42 Å². The second kappa shape index (κ2) is 5.60. The zero-order valence-corrected chi connectivity index (χ0v) is 10.2. The molecule has 7 heteroatoms. The lowest BCUT2D eigenvalue weighted by atomic mass is 10.1. The molecule has 16 heavy (non-hydrogen) atoms. The van der Waals surface area contributed by atoms with Crippen molar-refractivity contribution in [2.45, 2.75) is 26.2 Å². The van der Waals surface area contributed by atoms with Crippen molar-refractivity contribution in [2.75, 3.05) is 19.6 Å². The first-order valence-corrected chi connectivity index (χ1v) is 6.86. The summed E-state index contributed by atoms with van der Waals surface area (Å²) in [4.78, 5) is 10.5. The van der Waals surface area contributed by atoms with Gasteiger partial charge in [-0.2, -0.15) is 12.7 Å². The molecular weight excluding hydrogens is 232 g/mol. The fraction of sp³-hybridized carbons (Fsp3) is 0.889. The van der Waals surface area contributed by atoms with Gasteiger partial charge >= 0.3 is 5.97 Å². The van der Waals surface area contributed by atoms with Gasteiger partial charge in [-0.3, -0.25) is 4.79 Å². The maximum absolute atomic E-state index is 11.7. The Labute approximate surface area is 95.8 Å². The summed E-state index contributed by atoms with van der Waals surface area (Å²) in [5.41, 5.74) is 0. The fourth-order valence-corrected chi connectivity index (χ4v) is 3.15. The van der Waals surface area contributed by atoms with E-state index in [-0.39, 0.29) is 12.3 Å². The fourth-order valence-electron chi connectivity index (χ4n) is 1.75. The molecule has 94 valence electrons. The van der Waals surface area contributed by atoms with Crippen LogP contribution in [0.2, 0.25) is 0 Å². The van der Waals surface area contributed by atoms with Gasteiger partial charge in [-0.05, 0) is 18.8 Å². The molecular formula is C9H18N2O4S. The smallest absolute Gasteiger partial charge is 0.303 e. The molecule has 0 aromatic rings. The Hall–Kier alpha value is -0.660. The highest BCUT2D eigenvalue weighted by atomic mass is 32.2. The molecule has 1 heterocycles. The van der Waals surface area contributed by atoms with Gasteiger partial charge in [-0.25, -0.2) is 4.72 Å². The molecule has 1 fully saturated rings. The third-order valence-corrected chi connectivity index (χ3v) is 4.17. The number of carboxylic acid groups (broad SMARTS) is 1. The highest BCUT2D eigenvalue weighted by molar-refractivity contribution is 7.87. The Bertz CT molecular complexity index is 341. The monoisotopic (exact) mass is 250 g/mol. The van der Waals surface area contributed by atoms with Gasteiger partial charge in [0.25, 0.3) is 10.2 Å². The van der Waals surface area contributed by atoms with E-state index in [9.17, 15) is 13.2 Å². The topological polar surface area (TPSA) is 86.7 Å². The number of nitrogens with one attached hydrogen (secondary N) is 1. The third-order valence-electron chi connectivity index (χ3n) is 2.59. The van der Waals surface area contributed by atoms with Gasteiger partial charge in [-0.15, -0.1) is 0 Å². The van der Waals surface area contributed by atoms with E-state index in [1.807, 2.05) is 6.92 Å². The van der Waals surface area contributed by atoms with Crippen molar-refractivity contribution in [1.82, 2.24) is 9.03 Å². The van der Waals surface area contributed by atoms with E-state index in [2.05, 4.69) is 4.72 Å². The van der Waals surface area contributed by atoms with Gasteiger partial charge in [-0.1, -0.05) is 6.92 Å². The van der Waals surface area contributed by atoms with Crippen LogP contribution in [0.5, 0.6) is 0 Å². The molecule has 0 saturated carbocycles. The summed E-state index contributed by atoms with van der Waals surface area (Å²) in [7, 11) is -3.40. The summed E-state index contributed by atoms with van der Waals surface area (Å²) in [6.07, 6.45) is 1.41. The lowest BCUT2D eigenvalue weighted by Crippen LogP contribution is -2.39. The van der Waals surface area contributed by atoms with Crippen molar-refractivity contribution in [3.63, 3.8) is 0 Å². The Morgan fingerprint density at radius 2 is 2.25 bits per heavy atom. The van der Waals surface area contributed by atoms with Gasteiger partial charge in [0.15, 0.2) is 0 Å². The number of carboxylic acids is 1. The zero-order chi connectivity index (χ0) is 12.2. The maximum atomic E-state index is 11.7. The second-order valence-corrected chi connectivity index (χ2v) is 5.77. The van der Waals surface area contributed by atoms with Crippen LogP contribution >= 0.6 is 0 Å². The number of aliphatic carboxylic acids is 1. The molecule has 2 N–H and O–H groups in total. The number of rotatable bonds is 6. The predicted octanol–water partition coefficient (Wildman–Crippen LogP) is 0.0274. The minimum absolute atomic E-state index is 0.0415. The van der Waals surface area contributed by atoms with E-state index >= 15 is 0 Å². The van der Waals surface area contributed by atoms with Gasteiger partial charge in [0.05, 0.1) is 0 Å². The van der Waals surface area contributed by atoms with Gasteiger partial charge in [0.2, 0.25) is 0 Å². The lowest BCUT2D eigenvalue weighted by Gasteiger charge is -2.16. The Morgan fingerprint density at radius 1 is 1.56 bits per heavy atom. The molecule has 1 aliphatic heterocycles. The van der Waals surface area contributed by atoms with Gasteiger partial charge in [0.1, 0.15) is 0 Å². The highest BCUT2D eigenvalue weighted by Crippen LogP contribution is 2.21. The van der Waals surface area contributed by atoms with Crippen molar-refractivity contribution in [2.24, 2.45) is 5.92 Å². The first-order chi connectivity index (χ1) is 7.45. The molecule has 0 aromatic heterocycles. The molecule has 0 aromatic carbocycles. The molecule has 1 atom stereocenters. The molecule has 6 nitrogen and oxygen atoms in total. The maximum Gasteiger partial charge on any atom is 0.303 e. The van der Waals surface area contributed by atoms with E-state index in [4.69, 9.17) is 5.11 Å². The first-order valence-electron chi connectivity index (χ1n) is 5.42. The van der Waals surface area contributed by atoms with Crippen LogP contribution in [0.4, 0.5) is 0 Å². The largest absolute Gasteiger partial charge is 0.481 e. The predicted molar refractivity (Wildman–Crippen MR) is 59.1 cm³/mol. The summed E-state index contributed by atoms with van der Waals surface area (Å²) >= 11 is 0. The normalized spacial score (nSPS) is 22.4. The third kappa shape index (κ3) is 3.73. The van der Waals surface area contributed by atoms with Crippen molar-refractivity contribution >= 4 is 16.2 Å². The molecule has 1 aliphatic rings. The van der Waals surface area contributed by atoms with Crippen molar-refractivity contribution in [3.05, 3.63) is 0 Å².